The summed E-state index contributed by atoms with van der Waals surface area (Å²) in [7, 11) is 0. The van der Waals surface area contributed by atoms with Crippen molar-refractivity contribution in [3.63, 3.8) is 0 Å². The predicted molar refractivity (Wildman–Crippen MR) is 65.7 cm³/mol. The van der Waals surface area contributed by atoms with Crippen LogP contribution >= 0.6 is 0 Å². The standard InChI is InChI=1S/C13H29N/c1-7-9-10-13(6,8-2)11-14-12(3,4)5/h14H,7-11H2,1-6H3. The minimum absolute atomic E-state index is 0.253. The van der Waals surface area contributed by atoms with Gasteiger partial charge in [-0.3, -0.25) is 0 Å². The Labute approximate surface area is 90.7 Å². The van der Waals surface area contributed by atoms with E-state index < -0.39 is 0 Å². The van der Waals surface area contributed by atoms with Crippen molar-refractivity contribution in [1.29, 1.82) is 0 Å². The third kappa shape index (κ3) is 6.42. The van der Waals surface area contributed by atoms with E-state index in [9.17, 15) is 0 Å². The van der Waals surface area contributed by atoms with Gasteiger partial charge in [-0.15, -0.1) is 0 Å². The van der Waals surface area contributed by atoms with E-state index in [1.165, 1.54) is 25.7 Å². The third-order valence-corrected chi connectivity index (χ3v) is 3.03. The zero-order valence-corrected chi connectivity index (χ0v) is 11.0. The van der Waals surface area contributed by atoms with E-state index in [4.69, 9.17) is 0 Å². The van der Waals surface area contributed by atoms with Crippen molar-refractivity contribution in [3.8, 4) is 0 Å². The molecule has 1 nitrogen and oxygen atoms in total. The molecule has 1 unspecified atom stereocenters. The van der Waals surface area contributed by atoms with Crippen LogP contribution in [-0.4, -0.2) is 12.1 Å². The van der Waals surface area contributed by atoms with Crippen LogP contribution in [0.2, 0.25) is 0 Å². The SMILES string of the molecule is CCCCC(C)(CC)CNC(C)(C)C. The van der Waals surface area contributed by atoms with Crippen LogP contribution in [0.4, 0.5) is 0 Å². The fourth-order valence-electron chi connectivity index (χ4n) is 1.47. The van der Waals surface area contributed by atoms with Crippen LogP contribution in [0.3, 0.4) is 0 Å². The smallest absolute Gasteiger partial charge is 0.00967 e. The lowest BCUT2D eigenvalue weighted by atomic mass is 9.81. The van der Waals surface area contributed by atoms with E-state index in [0.717, 1.165) is 6.54 Å². The highest BCUT2D eigenvalue weighted by molar-refractivity contribution is 4.80. The average molecular weight is 199 g/mol. The summed E-state index contributed by atoms with van der Waals surface area (Å²) in [5.41, 5.74) is 0.742. The van der Waals surface area contributed by atoms with Crippen LogP contribution in [0.25, 0.3) is 0 Å². The quantitative estimate of drug-likeness (QED) is 0.682. The van der Waals surface area contributed by atoms with Crippen molar-refractivity contribution < 1.29 is 0 Å². The molecule has 1 N–H and O–H groups in total. The van der Waals surface area contributed by atoms with Gasteiger partial charge in [0.05, 0.1) is 0 Å². The second kappa shape index (κ2) is 5.75. The summed E-state index contributed by atoms with van der Waals surface area (Å²) in [6.45, 7) is 14.8. The molecule has 0 radical (unpaired) electrons. The van der Waals surface area contributed by atoms with Crippen molar-refractivity contribution in [3.05, 3.63) is 0 Å². The molecule has 0 aliphatic carbocycles. The van der Waals surface area contributed by atoms with Gasteiger partial charge in [-0.2, -0.15) is 0 Å². The number of rotatable bonds is 6. The van der Waals surface area contributed by atoms with E-state index in [1.807, 2.05) is 0 Å². The molecule has 0 aliphatic heterocycles. The number of hydrogen-bond acceptors (Lipinski definition) is 1. The molecule has 86 valence electrons. The Morgan fingerprint density at radius 1 is 1.00 bits per heavy atom. The largest absolute Gasteiger partial charge is 0.312 e. The molecular weight excluding hydrogens is 170 g/mol. The van der Waals surface area contributed by atoms with Crippen molar-refractivity contribution in [2.24, 2.45) is 5.41 Å². The highest BCUT2D eigenvalue weighted by atomic mass is 15.0. The van der Waals surface area contributed by atoms with Crippen LogP contribution < -0.4 is 5.32 Å². The van der Waals surface area contributed by atoms with Crippen molar-refractivity contribution in [2.45, 2.75) is 72.8 Å². The van der Waals surface area contributed by atoms with Gasteiger partial charge in [0, 0.05) is 12.1 Å². The molecule has 14 heavy (non-hydrogen) atoms. The first kappa shape index (κ1) is 14.0. The van der Waals surface area contributed by atoms with Gasteiger partial charge in [0.2, 0.25) is 0 Å². The lowest BCUT2D eigenvalue weighted by Gasteiger charge is -2.33. The highest BCUT2D eigenvalue weighted by Gasteiger charge is 2.23. The molecule has 1 atom stereocenters. The highest BCUT2D eigenvalue weighted by Crippen LogP contribution is 2.27. The Kier molecular flexibility index (Phi) is 5.73. The van der Waals surface area contributed by atoms with Crippen LogP contribution in [0.15, 0.2) is 0 Å². The summed E-state index contributed by atoms with van der Waals surface area (Å²) in [6.07, 6.45) is 5.29. The number of nitrogens with one attached hydrogen (secondary N) is 1. The lowest BCUT2D eigenvalue weighted by molar-refractivity contribution is 0.233. The molecule has 0 amide bonds. The first-order valence-electron chi connectivity index (χ1n) is 6.08. The Bertz CT molecular complexity index is 146. The Balaban J connectivity index is 3.98. The lowest BCUT2D eigenvalue weighted by Crippen LogP contribution is -2.42. The van der Waals surface area contributed by atoms with Crippen molar-refractivity contribution in [1.82, 2.24) is 5.32 Å². The maximum absolute atomic E-state index is 3.62. The Hall–Kier alpha value is -0.0400. The van der Waals surface area contributed by atoms with Crippen molar-refractivity contribution in [2.75, 3.05) is 6.54 Å². The van der Waals surface area contributed by atoms with Crippen LogP contribution in [-0.2, 0) is 0 Å². The van der Waals surface area contributed by atoms with E-state index >= 15 is 0 Å². The molecular formula is C13H29N. The van der Waals surface area contributed by atoms with Gasteiger partial charge in [-0.05, 0) is 39.0 Å². The van der Waals surface area contributed by atoms with Gasteiger partial charge in [0.1, 0.15) is 0 Å². The molecule has 0 spiro atoms. The van der Waals surface area contributed by atoms with E-state index in [1.54, 1.807) is 0 Å². The molecule has 0 bridgehead atoms. The fourth-order valence-corrected chi connectivity index (χ4v) is 1.47. The first-order chi connectivity index (χ1) is 6.33. The maximum Gasteiger partial charge on any atom is 0.00967 e. The fraction of sp³-hybridized carbons (Fsp3) is 1.00. The normalized spacial score (nSPS) is 16.7. The van der Waals surface area contributed by atoms with Gasteiger partial charge < -0.3 is 5.32 Å². The molecule has 0 fully saturated rings. The monoisotopic (exact) mass is 199 g/mol. The summed E-state index contributed by atoms with van der Waals surface area (Å²) < 4.78 is 0. The third-order valence-electron chi connectivity index (χ3n) is 3.03. The molecule has 0 aromatic carbocycles. The predicted octanol–water partition coefficient (Wildman–Crippen LogP) is 3.98. The molecule has 0 saturated carbocycles. The minimum atomic E-state index is 0.253. The number of unbranched alkanes of at least 4 members (excludes halogenated alkanes) is 1. The van der Waals surface area contributed by atoms with E-state index in [-0.39, 0.29) is 5.54 Å². The molecule has 0 rings (SSSR count). The topological polar surface area (TPSA) is 12.0 Å². The molecule has 0 saturated heterocycles. The second-order valence-electron chi connectivity index (χ2n) is 5.87. The zero-order chi connectivity index (χ0) is 11.2. The van der Waals surface area contributed by atoms with Gasteiger partial charge >= 0.3 is 0 Å². The first-order valence-corrected chi connectivity index (χ1v) is 6.08. The molecule has 0 aromatic rings. The van der Waals surface area contributed by atoms with Gasteiger partial charge in [0.15, 0.2) is 0 Å². The average Bonchev–Trinajstić information content (AvgIpc) is 2.10. The summed E-state index contributed by atoms with van der Waals surface area (Å²) in [5, 5.41) is 3.62. The Morgan fingerprint density at radius 3 is 1.93 bits per heavy atom. The zero-order valence-electron chi connectivity index (χ0n) is 11.0. The van der Waals surface area contributed by atoms with Crippen LogP contribution in [0.5, 0.6) is 0 Å². The maximum atomic E-state index is 3.62. The summed E-state index contributed by atoms with van der Waals surface area (Å²) in [6, 6.07) is 0. The number of hydrogen-bond donors (Lipinski definition) is 1. The molecule has 0 heterocycles. The molecule has 1 heteroatoms. The van der Waals surface area contributed by atoms with Crippen LogP contribution in [0, 0.1) is 5.41 Å². The summed E-state index contributed by atoms with van der Waals surface area (Å²) in [4.78, 5) is 0. The van der Waals surface area contributed by atoms with Gasteiger partial charge in [-0.1, -0.05) is 33.6 Å². The molecule has 0 aromatic heterocycles. The Morgan fingerprint density at radius 2 is 1.57 bits per heavy atom. The minimum Gasteiger partial charge on any atom is -0.312 e. The van der Waals surface area contributed by atoms with Crippen molar-refractivity contribution >= 4 is 0 Å². The second-order valence-corrected chi connectivity index (χ2v) is 5.87. The van der Waals surface area contributed by atoms with Gasteiger partial charge in [-0.25, -0.2) is 0 Å². The summed E-state index contributed by atoms with van der Waals surface area (Å²) in [5.74, 6) is 0. The van der Waals surface area contributed by atoms with Gasteiger partial charge in [0.25, 0.3) is 0 Å². The molecule has 0 aliphatic rings. The summed E-state index contributed by atoms with van der Waals surface area (Å²) >= 11 is 0. The van der Waals surface area contributed by atoms with E-state index in [0.29, 0.717) is 5.41 Å². The van der Waals surface area contributed by atoms with Crippen LogP contribution in [0.1, 0.15) is 67.2 Å². The van der Waals surface area contributed by atoms with E-state index in [2.05, 4.69) is 46.9 Å².